The van der Waals surface area contributed by atoms with Gasteiger partial charge >= 0.3 is 5.97 Å². The fourth-order valence-corrected chi connectivity index (χ4v) is 8.55. The zero-order valence-electron chi connectivity index (χ0n) is 42.8. The van der Waals surface area contributed by atoms with E-state index in [-0.39, 0.29) is 18.5 Å². The van der Waals surface area contributed by atoms with E-state index < -0.39 is 12.1 Å². The Morgan fingerprint density at radius 2 is 0.781 bits per heavy atom. The third-order valence-electron chi connectivity index (χ3n) is 12.9. The van der Waals surface area contributed by atoms with Crippen molar-refractivity contribution in [1.82, 2.24) is 5.32 Å². The molecule has 0 saturated heterocycles. The number of aliphatic hydroxyl groups excluding tert-OH is 2. The minimum absolute atomic E-state index is 0.0138. The van der Waals surface area contributed by atoms with Crippen LogP contribution in [-0.2, 0) is 14.3 Å². The van der Waals surface area contributed by atoms with E-state index in [1.807, 2.05) is 6.08 Å². The average Bonchev–Trinajstić information content (AvgIpc) is 3.29. The van der Waals surface area contributed by atoms with Gasteiger partial charge in [0.15, 0.2) is 0 Å². The van der Waals surface area contributed by atoms with Crippen molar-refractivity contribution in [3.8, 4) is 0 Å². The zero-order valence-corrected chi connectivity index (χ0v) is 42.8. The predicted molar refractivity (Wildman–Crippen MR) is 278 cm³/mol. The molecule has 0 aromatic carbocycles. The van der Waals surface area contributed by atoms with Crippen molar-refractivity contribution in [2.45, 2.75) is 309 Å². The molecule has 6 nitrogen and oxygen atoms in total. The van der Waals surface area contributed by atoms with Gasteiger partial charge in [-0.25, -0.2) is 0 Å². The SMILES string of the molecule is CCCCCCCCCCCCCCC/C=C/C(O)C(CO)NC(=O)CCCCCCCCC/C=C\C/C=C\CCCCCOC(=O)CCCCCCCCCCCCCCCCC. The van der Waals surface area contributed by atoms with Crippen LogP contribution >= 0.6 is 0 Å². The highest BCUT2D eigenvalue weighted by Gasteiger charge is 2.18. The second-order valence-corrected chi connectivity index (χ2v) is 19.3. The molecular formula is C58H109NO5. The number of ether oxygens (including phenoxy) is 1. The monoisotopic (exact) mass is 900 g/mol. The zero-order chi connectivity index (χ0) is 46.5. The lowest BCUT2D eigenvalue weighted by molar-refractivity contribution is -0.143. The molecule has 0 heterocycles. The quantitative estimate of drug-likeness (QED) is 0.0321. The number of amides is 1. The van der Waals surface area contributed by atoms with Crippen LogP contribution < -0.4 is 5.32 Å². The molecule has 6 heteroatoms. The first-order valence-electron chi connectivity index (χ1n) is 28.3. The number of esters is 1. The second kappa shape index (κ2) is 53.7. The van der Waals surface area contributed by atoms with Gasteiger partial charge in [0.2, 0.25) is 5.91 Å². The number of nitrogens with one attached hydrogen (secondary N) is 1. The first-order valence-corrected chi connectivity index (χ1v) is 28.3. The Kier molecular flexibility index (Phi) is 52.1. The van der Waals surface area contributed by atoms with Crippen LogP contribution in [0, 0.1) is 0 Å². The summed E-state index contributed by atoms with van der Waals surface area (Å²) in [6, 6.07) is -0.640. The van der Waals surface area contributed by atoms with Crippen LogP contribution in [0.5, 0.6) is 0 Å². The fourth-order valence-electron chi connectivity index (χ4n) is 8.55. The minimum Gasteiger partial charge on any atom is -0.466 e. The summed E-state index contributed by atoms with van der Waals surface area (Å²) in [6.07, 6.45) is 65.9. The summed E-state index contributed by atoms with van der Waals surface area (Å²) < 4.78 is 5.45. The van der Waals surface area contributed by atoms with Gasteiger partial charge < -0.3 is 20.3 Å². The molecule has 2 unspecified atom stereocenters. The first kappa shape index (κ1) is 62.1. The number of aliphatic hydroxyl groups is 2. The molecule has 376 valence electrons. The Balaban J connectivity index is 3.52. The predicted octanol–water partition coefficient (Wildman–Crippen LogP) is 17.2. The molecule has 0 spiro atoms. The Morgan fingerprint density at radius 3 is 1.19 bits per heavy atom. The van der Waals surface area contributed by atoms with E-state index >= 15 is 0 Å². The summed E-state index contributed by atoms with van der Waals surface area (Å²) in [4.78, 5) is 24.5. The molecule has 0 saturated carbocycles. The van der Waals surface area contributed by atoms with E-state index in [1.165, 1.54) is 186 Å². The van der Waals surface area contributed by atoms with Crippen LogP contribution in [0.15, 0.2) is 36.5 Å². The topological polar surface area (TPSA) is 95.9 Å². The van der Waals surface area contributed by atoms with Gasteiger partial charge in [0.05, 0.1) is 25.4 Å². The van der Waals surface area contributed by atoms with Crippen molar-refractivity contribution in [1.29, 1.82) is 0 Å². The molecule has 2 atom stereocenters. The summed E-state index contributed by atoms with van der Waals surface area (Å²) in [5, 5.41) is 23.1. The van der Waals surface area contributed by atoms with E-state index in [2.05, 4.69) is 43.5 Å². The van der Waals surface area contributed by atoms with E-state index in [9.17, 15) is 19.8 Å². The summed E-state index contributed by atoms with van der Waals surface area (Å²) in [6.45, 7) is 4.87. The highest BCUT2D eigenvalue weighted by atomic mass is 16.5. The molecule has 0 bridgehead atoms. The Morgan fingerprint density at radius 1 is 0.438 bits per heavy atom. The molecule has 0 fully saturated rings. The highest BCUT2D eigenvalue weighted by molar-refractivity contribution is 5.76. The number of allylic oxidation sites excluding steroid dienone is 5. The van der Waals surface area contributed by atoms with Gasteiger partial charge in [0.25, 0.3) is 0 Å². The van der Waals surface area contributed by atoms with Crippen LogP contribution in [-0.4, -0.2) is 47.4 Å². The van der Waals surface area contributed by atoms with Crippen LogP contribution in [0.3, 0.4) is 0 Å². The highest BCUT2D eigenvalue weighted by Crippen LogP contribution is 2.16. The van der Waals surface area contributed by atoms with Gasteiger partial charge in [0, 0.05) is 12.8 Å². The van der Waals surface area contributed by atoms with Gasteiger partial charge in [-0.2, -0.15) is 0 Å². The van der Waals surface area contributed by atoms with E-state index in [4.69, 9.17) is 4.74 Å². The van der Waals surface area contributed by atoms with Crippen molar-refractivity contribution in [3.63, 3.8) is 0 Å². The van der Waals surface area contributed by atoms with Gasteiger partial charge in [-0.3, -0.25) is 9.59 Å². The third kappa shape index (κ3) is 49.5. The fraction of sp³-hybridized carbons (Fsp3) is 0.862. The van der Waals surface area contributed by atoms with E-state index in [0.717, 1.165) is 83.5 Å². The van der Waals surface area contributed by atoms with Gasteiger partial charge in [0.1, 0.15) is 0 Å². The van der Waals surface area contributed by atoms with Crippen LogP contribution in [0.1, 0.15) is 296 Å². The molecule has 0 rings (SSSR count). The molecule has 0 radical (unpaired) electrons. The van der Waals surface area contributed by atoms with E-state index in [0.29, 0.717) is 19.4 Å². The maximum Gasteiger partial charge on any atom is 0.305 e. The summed E-state index contributed by atoms with van der Waals surface area (Å²) in [7, 11) is 0. The number of carbonyl (C=O) groups excluding carboxylic acids is 2. The molecule has 0 aliphatic heterocycles. The number of hydrogen-bond donors (Lipinski definition) is 3. The van der Waals surface area contributed by atoms with Gasteiger partial charge in [-0.05, 0) is 70.6 Å². The molecule has 0 aromatic rings. The van der Waals surface area contributed by atoms with Gasteiger partial charge in [-0.1, -0.05) is 249 Å². The Labute approximate surface area is 398 Å². The summed E-state index contributed by atoms with van der Waals surface area (Å²) in [5.41, 5.74) is 0. The number of carbonyl (C=O) groups is 2. The number of unbranched alkanes of at least 4 members (excludes halogenated alkanes) is 37. The standard InChI is InChI=1S/C58H109NO5/c1-3-5-7-9-11-13-15-17-22-26-30-34-38-42-46-50-56(61)55(54-60)59-57(62)51-47-43-39-35-31-27-24-20-19-21-25-29-33-37-41-45-49-53-64-58(63)52-48-44-40-36-32-28-23-18-16-14-12-10-8-6-4-2/h19,21,29,33,46,50,55-56,60-61H,3-18,20,22-28,30-32,34-45,47-49,51-54H2,1-2H3,(H,59,62)/b21-19-,33-29-,50-46+. The molecule has 3 N–H and O–H groups in total. The smallest absolute Gasteiger partial charge is 0.305 e. The summed E-state index contributed by atoms with van der Waals surface area (Å²) >= 11 is 0. The lowest BCUT2D eigenvalue weighted by Gasteiger charge is -2.20. The molecule has 0 aliphatic rings. The molecule has 64 heavy (non-hydrogen) atoms. The van der Waals surface area contributed by atoms with Gasteiger partial charge in [-0.15, -0.1) is 0 Å². The molecule has 0 aromatic heterocycles. The maximum atomic E-state index is 12.4. The largest absolute Gasteiger partial charge is 0.466 e. The molecule has 1 amide bonds. The van der Waals surface area contributed by atoms with Crippen molar-refractivity contribution in [2.24, 2.45) is 0 Å². The average molecular weight is 901 g/mol. The van der Waals surface area contributed by atoms with Crippen molar-refractivity contribution in [2.75, 3.05) is 13.2 Å². The molecular weight excluding hydrogens is 791 g/mol. The lowest BCUT2D eigenvalue weighted by Crippen LogP contribution is -2.45. The normalized spacial score (nSPS) is 12.9. The minimum atomic E-state index is -0.855. The third-order valence-corrected chi connectivity index (χ3v) is 12.9. The van der Waals surface area contributed by atoms with E-state index in [1.54, 1.807) is 6.08 Å². The Bertz CT molecular complexity index is 1040. The van der Waals surface area contributed by atoms with Crippen molar-refractivity contribution in [3.05, 3.63) is 36.5 Å². The lowest BCUT2D eigenvalue weighted by atomic mass is 10.0. The van der Waals surface area contributed by atoms with Crippen LogP contribution in [0.4, 0.5) is 0 Å². The number of hydrogen-bond acceptors (Lipinski definition) is 5. The van der Waals surface area contributed by atoms with Crippen molar-refractivity contribution < 1.29 is 24.5 Å². The van der Waals surface area contributed by atoms with Crippen LogP contribution in [0.25, 0.3) is 0 Å². The van der Waals surface area contributed by atoms with Crippen molar-refractivity contribution >= 4 is 11.9 Å². The second-order valence-electron chi connectivity index (χ2n) is 19.3. The molecule has 0 aliphatic carbocycles. The summed E-state index contributed by atoms with van der Waals surface area (Å²) in [5.74, 6) is -0.0974. The number of rotatable bonds is 52. The Hall–Kier alpha value is -1.92. The first-order chi connectivity index (χ1) is 31.5. The maximum absolute atomic E-state index is 12.4. The van der Waals surface area contributed by atoms with Crippen LogP contribution in [0.2, 0.25) is 0 Å².